The van der Waals surface area contributed by atoms with Gasteiger partial charge in [0.15, 0.2) is 0 Å². The Bertz CT molecular complexity index is 289. The minimum absolute atomic E-state index is 2.13. The van der Waals surface area contributed by atoms with Crippen LogP contribution < -0.4 is 0 Å². The highest BCUT2D eigenvalue weighted by Gasteiger charge is 2.47. The Hall–Kier alpha value is -1.48. The Morgan fingerprint density at radius 2 is 1.00 bits per heavy atom. The molecule has 0 heterocycles. The summed E-state index contributed by atoms with van der Waals surface area (Å²) in [6.45, 7) is 0. The number of carboxylic acid groups (broad SMARTS) is 2. The molecule has 2 N–H and O–H groups in total. The van der Waals surface area contributed by atoms with Gasteiger partial charge in [-0.25, -0.2) is 0 Å². The fraction of sp³-hybridized carbons (Fsp3) is 0.750. The Balaban J connectivity index is 5.13. The van der Waals surface area contributed by atoms with Crippen molar-refractivity contribution >= 4 is 11.9 Å². The lowest BCUT2D eigenvalue weighted by Gasteiger charge is -2.22. The van der Waals surface area contributed by atoms with Gasteiger partial charge in [0.2, 0.25) is 0 Å². The Kier molecular flexibility index (Phi) is 4.99. The van der Waals surface area contributed by atoms with Crippen molar-refractivity contribution < 1.29 is 46.1 Å². The van der Waals surface area contributed by atoms with Crippen molar-refractivity contribution in [2.75, 3.05) is 0 Å². The number of halogens is 6. The number of rotatable bonds is 5. The van der Waals surface area contributed by atoms with Crippen LogP contribution in [0.15, 0.2) is 0 Å². The van der Waals surface area contributed by atoms with E-state index >= 15 is 0 Å². The van der Waals surface area contributed by atoms with Crippen molar-refractivity contribution in [2.24, 2.45) is 11.8 Å². The predicted octanol–water partition coefficient (Wildman–Crippen LogP) is 2.29. The number of carbonyl (C=O) groups is 2. The van der Waals surface area contributed by atoms with Crippen LogP contribution in [0.2, 0.25) is 0 Å². The Morgan fingerprint density at radius 3 is 1.11 bits per heavy atom. The number of alkyl halides is 6. The van der Waals surface area contributed by atoms with Crippen LogP contribution in [0.25, 0.3) is 0 Å². The van der Waals surface area contributed by atoms with Gasteiger partial charge >= 0.3 is 24.3 Å². The van der Waals surface area contributed by atoms with E-state index in [1.165, 1.54) is 0 Å². The monoisotopic (exact) mass is 282 g/mol. The van der Waals surface area contributed by atoms with Crippen LogP contribution in [-0.2, 0) is 9.59 Å². The number of aliphatic carboxylic acids is 2. The molecule has 0 aromatic carbocycles. The normalized spacial score (nSPS) is 16.1. The predicted molar refractivity (Wildman–Crippen MR) is 43.6 cm³/mol. The summed E-state index contributed by atoms with van der Waals surface area (Å²) in [6, 6.07) is 0. The lowest BCUT2D eigenvalue weighted by atomic mass is 9.86. The van der Waals surface area contributed by atoms with Crippen LogP contribution in [-0.4, -0.2) is 34.5 Å². The molecule has 0 aromatic rings. The lowest BCUT2D eigenvalue weighted by Crippen LogP contribution is -2.36. The summed E-state index contributed by atoms with van der Waals surface area (Å²) in [4.78, 5) is 21.0. The van der Waals surface area contributed by atoms with Gasteiger partial charge in [-0.05, 0) is 0 Å². The molecule has 18 heavy (non-hydrogen) atoms. The molecule has 0 fully saturated rings. The molecule has 2 atom stereocenters. The molecule has 0 rings (SSSR count). The standard InChI is InChI=1S/C8H8F6O4/c9-7(10,11)1-3(5(15)16)4(6(17)18)2-8(12,13)14/h3-4H,1-2H2,(H,15,16)(H,17,18). The second-order valence-electron chi connectivity index (χ2n) is 3.53. The van der Waals surface area contributed by atoms with Crippen molar-refractivity contribution in [2.45, 2.75) is 25.2 Å². The van der Waals surface area contributed by atoms with Crippen molar-refractivity contribution in [3.8, 4) is 0 Å². The highest BCUT2D eigenvalue weighted by atomic mass is 19.4. The highest BCUT2D eigenvalue weighted by molar-refractivity contribution is 5.80. The van der Waals surface area contributed by atoms with E-state index in [9.17, 15) is 35.9 Å². The second kappa shape index (κ2) is 5.44. The molecule has 106 valence electrons. The van der Waals surface area contributed by atoms with E-state index in [0.29, 0.717) is 0 Å². The first-order chi connectivity index (χ1) is 7.83. The highest BCUT2D eigenvalue weighted by Crippen LogP contribution is 2.35. The zero-order valence-electron chi connectivity index (χ0n) is 8.55. The molecule has 10 heteroatoms. The van der Waals surface area contributed by atoms with Crippen molar-refractivity contribution in [1.82, 2.24) is 0 Å². The minimum Gasteiger partial charge on any atom is -0.481 e. The van der Waals surface area contributed by atoms with Crippen LogP contribution in [0, 0.1) is 11.8 Å². The summed E-state index contributed by atoms with van der Waals surface area (Å²) < 4.78 is 71.9. The van der Waals surface area contributed by atoms with Gasteiger partial charge in [0, 0.05) is 0 Å². The fourth-order valence-corrected chi connectivity index (χ4v) is 1.30. The number of hydrogen-bond acceptors (Lipinski definition) is 2. The van der Waals surface area contributed by atoms with Crippen LogP contribution in [0.5, 0.6) is 0 Å². The maximum Gasteiger partial charge on any atom is 0.389 e. The lowest BCUT2D eigenvalue weighted by molar-refractivity contribution is -0.187. The van der Waals surface area contributed by atoms with E-state index in [1.807, 2.05) is 0 Å². The second-order valence-corrected chi connectivity index (χ2v) is 3.53. The molecule has 2 unspecified atom stereocenters. The zero-order chi connectivity index (χ0) is 14.7. The summed E-state index contributed by atoms with van der Waals surface area (Å²) in [7, 11) is 0. The van der Waals surface area contributed by atoms with E-state index in [0.717, 1.165) is 0 Å². The SMILES string of the molecule is O=C(O)C(CC(F)(F)F)C(CC(F)(F)F)C(=O)O. The maximum atomic E-state index is 12.0. The van der Waals surface area contributed by atoms with E-state index in [1.54, 1.807) is 0 Å². The average Bonchev–Trinajstić information content (AvgIpc) is 2.06. The molecule has 0 saturated carbocycles. The van der Waals surface area contributed by atoms with E-state index in [-0.39, 0.29) is 0 Å². The quantitative estimate of drug-likeness (QED) is 0.759. The van der Waals surface area contributed by atoms with Gasteiger partial charge in [-0.3, -0.25) is 9.59 Å². The van der Waals surface area contributed by atoms with Crippen LogP contribution in [0.1, 0.15) is 12.8 Å². The first-order valence-electron chi connectivity index (χ1n) is 4.42. The van der Waals surface area contributed by atoms with Gasteiger partial charge in [0.05, 0.1) is 24.7 Å². The number of hydrogen-bond donors (Lipinski definition) is 2. The minimum atomic E-state index is -5.07. The largest absolute Gasteiger partial charge is 0.481 e. The number of carboxylic acids is 2. The first-order valence-corrected chi connectivity index (χ1v) is 4.42. The van der Waals surface area contributed by atoms with E-state index in [4.69, 9.17) is 10.2 Å². The molecule has 0 amide bonds. The van der Waals surface area contributed by atoms with Crippen molar-refractivity contribution in [1.29, 1.82) is 0 Å². The molecule has 0 spiro atoms. The Labute approximate surface area is 96.2 Å². The van der Waals surface area contributed by atoms with E-state index in [2.05, 4.69) is 0 Å². The summed E-state index contributed by atoms with van der Waals surface area (Å²) in [5, 5.41) is 16.8. The van der Waals surface area contributed by atoms with Gasteiger partial charge in [0.25, 0.3) is 0 Å². The molecule has 4 nitrogen and oxygen atoms in total. The topological polar surface area (TPSA) is 74.6 Å². The molecule has 0 aliphatic carbocycles. The van der Waals surface area contributed by atoms with Gasteiger partial charge < -0.3 is 10.2 Å². The third kappa shape index (κ3) is 6.30. The smallest absolute Gasteiger partial charge is 0.389 e. The third-order valence-corrected chi connectivity index (χ3v) is 2.02. The molecule has 0 aromatic heterocycles. The van der Waals surface area contributed by atoms with Gasteiger partial charge in [0.1, 0.15) is 0 Å². The zero-order valence-corrected chi connectivity index (χ0v) is 8.55. The van der Waals surface area contributed by atoms with Crippen LogP contribution in [0.4, 0.5) is 26.3 Å². The maximum absolute atomic E-state index is 12.0. The van der Waals surface area contributed by atoms with Gasteiger partial charge in [-0.15, -0.1) is 0 Å². The van der Waals surface area contributed by atoms with Gasteiger partial charge in [-0.2, -0.15) is 26.3 Å². The molecule has 0 bridgehead atoms. The molecule has 0 aliphatic rings. The van der Waals surface area contributed by atoms with Gasteiger partial charge in [-0.1, -0.05) is 0 Å². The summed E-state index contributed by atoms with van der Waals surface area (Å²) in [6.07, 6.45) is -14.4. The molecular weight excluding hydrogens is 274 g/mol. The first kappa shape index (κ1) is 16.5. The van der Waals surface area contributed by atoms with E-state index < -0.39 is 49.0 Å². The molecular formula is C8H8F6O4. The van der Waals surface area contributed by atoms with Crippen molar-refractivity contribution in [3.05, 3.63) is 0 Å². The summed E-state index contributed by atoms with van der Waals surface area (Å²) >= 11 is 0. The molecule has 0 saturated heterocycles. The Morgan fingerprint density at radius 1 is 0.778 bits per heavy atom. The summed E-state index contributed by atoms with van der Waals surface area (Å²) in [5.74, 6) is -9.82. The van der Waals surface area contributed by atoms with Crippen LogP contribution in [0.3, 0.4) is 0 Å². The molecule has 0 radical (unpaired) electrons. The average molecular weight is 282 g/mol. The fourth-order valence-electron chi connectivity index (χ4n) is 1.30. The third-order valence-electron chi connectivity index (χ3n) is 2.02. The summed E-state index contributed by atoms with van der Waals surface area (Å²) in [5.41, 5.74) is 0. The van der Waals surface area contributed by atoms with Crippen molar-refractivity contribution in [3.63, 3.8) is 0 Å². The van der Waals surface area contributed by atoms with Crippen LogP contribution >= 0.6 is 0 Å². The molecule has 0 aliphatic heterocycles.